The molecular weight excluding hydrogens is 558 g/mol. The fourth-order valence-electron chi connectivity index (χ4n) is 5.59. The van der Waals surface area contributed by atoms with E-state index < -0.39 is 17.3 Å². The van der Waals surface area contributed by atoms with Crippen LogP contribution in [0.1, 0.15) is 56.3 Å². The summed E-state index contributed by atoms with van der Waals surface area (Å²) in [6.45, 7) is 8.31. The van der Waals surface area contributed by atoms with E-state index >= 15 is 0 Å². The molecule has 0 saturated carbocycles. The minimum absolute atomic E-state index is 0.0472. The van der Waals surface area contributed by atoms with Crippen molar-refractivity contribution >= 4 is 23.0 Å². The summed E-state index contributed by atoms with van der Waals surface area (Å²) in [7, 11) is 1.83. The molecule has 1 saturated heterocycles. The Labute approximate surface area is 258 Å². The molecule has 9 nitrogen and oxygen atoms in total. The molecule has 0 aliphatic carbocycles. The van der Waals surface area contributed by atoms with Crippen molar-refractivity contribution in [2.45, 2.75) is 58.2 Å². The predicted octanol–water partition coefficient (Wildman–Crippen LogP) is 5.20. The molecule has 2 heterocycles. The van der Waals surface area contributed by atoms with Gasteiger partial charge in [-0.2, -0.15) is 0 Å². The number of likely N-dealkylation sites (N-methyl/N-ethyl adjacent to an activating group) is 1. The van der Waals surface area contributed by atoms with Crippen LogP contribution in [-0.4, -0.2) is 65.1 Å². The Morgan fingerprint density at radius 3 is 2.43 bits per heavy atom. The van der Waals surface area contributed by atoms with Crippen molar-refractivity contribution in [3.63, 3.8) is 0 Å². The fraction of sp³-hybridized carbons (Fsp3) is 0.400. The molecule has 0 bridgehead atoms. The van der Waals surface area contributed by atoms with Gasteiger partial charge in [-0.25, -0.2) is 9.59 Å². The van der Waals surface area contributed by atoms with Crippen LogP contribution < -0.4 is 10.5 Å². The minimum Gasteiger partial charge on any atom is -0.482 e. The normalized spacial score (nSPS) is 14.5. The lowest BCUT2D eigenvalue weighted by Gasteiger charge is -2.32. The number of nitrogens with zero attached hydrogens (tertiary/aromatic N) is 3. The zero-order valence-corrected chi connectivity index (χ0v) is 26.0. The minimum atomic E-state index is -0.590. The molecule has 232 valence electrons. The highest BCUT2D eigenvalue weighted by molar-refractivity contribution is 5.81. The van der Waals surface area contributed by atoms with Crippen LogP contribution in [-0.2, 0) is 27.3 Å². The van der Waals surface area contributed by atoms with Crippen LogP contribution >= 0.6 is 0 Å². The van der Waals surface area contributed by atoms with Gasteiger partial charge in [0.2, 0.25) is 5.91 Å². The molecule has 0 N–H and O–H groups in total. The number of carbonyl (C=O) groups is 2. The van der Waals surface area contributed by atoms with Crippen LogP contribution in [0.25, 0.3) is 11.1 Å². The third kappa shape index (κ3) is 7.96. The summed E-state index contributed by atoms with van der Waals surface area (Å²) in [5.74, 6) is -0.368. The largest absolute Gasteiger partial charge is 0.482 e. The zero-order chi connectivity index (χ0) is 31.3. The van der Waals surface area contributed by atoms with Gasteiger partial charge in [-0.05, 0) is 87.7 Å². The second kappa shape index (κ2) is 13.5. The molecule has 4 aromatic rings. The molecule has 9 heteroatoms. The van der Waals surface area contributed by atoms with E-state index in [0.717, 1.165) is 42.6 Å². The van der Waals surface area contributed by atoms with E-state index in [9.17, 15) is 14.4 Å². The fourth-order valence-corrected chi connectivity index (χ4v) is 5.59. The van der Waals surface area contributed by atoms with Crippen molar-refractivity contribution in [2.75, 3.05) is 33.3 Å². The SMILES string of the molecule is CN(C(=O)Cc1ccc2oc(=O)n(Cc3ccccc3)c2c1)C(CN1CCCC1)c1cccc(OCC(=O)OC(C)(C)C)c1. The first-order chi connectivity index (χ1) is 21.1. The molecule has 1 aliphatic rings. The maximum atomic E-state index is 13.8. The Balaban J connectivity index is 1.34. The quantitative estimate of drug-likeness (QED) is 0.219. The summed E-state index contributed by atoms with van der Waals surface area (Å²) in [5, 5.41) is 0. The first-order valence-corrected chi connectivity index (χ1v) is 15.1. The number of fused-ring (bicyclic) bond motifs is 1. The van der Waals surface area contributed by atoms with Gasteiger partial charge in [0.05, 0.1) is 24.5 Å². The highest BCUT2D eigenvalue weighted by atomic mass is 16.6. The molecule has 1 fully saturated rings. The van der Waals surface area contributed by atoms with Gasteiger partial charge in [0, 0.05) is 13.6 Å². The number of esters is 1. The second-order valence-electron chi connectivity index (χ2n) is 12.4. The van der Waals surface area contributed by atoms with Gasteiger partial charge in [0.1, 0.15) is 11.4 Å². The highest BCUT2D eigenvalue weighted by Crippen LogP contribution is 2.27. The number of hydrogen-bond donors (Lipinski definition) is 0. The Kier molecular flexibility index (Phi) is 9.54. The maximum Gasteiger partial charge on any atom is 0.420 e. The second-order valence-corrected chi connectivity index (χ2v) is 12.4. The lowest BCUT2D eigenvalue weighted by Crippen LogP contribution is -2.39. The van der Waals surface area contributed by atoms with Crippen LogP contribution in [0, 0.1) is 0 Å². The summed E-state index contributed by atoms with van der Waals surface area (Å²) in [6.07, 6.45) is 2.44. The van der Waals surface area contributed by atoms with Gasteiger partial charge in [-0.15, -0.1) is 0 Å². The van der Waals surface area contributed by atoms with Crippen LogP contribution in [0.2, 0.25) is 0 Å². The smallest absolute Gasteiger partial charge is 0.420 e. The number of ether oxygens (including phenoxy) is 2. The summed E-state index contributed by atoms with van der Waals surface area (Å²) < 4.78 is 18.2. The maximum absolute atomic E-state index is 13.8. The predicted molar refractivity (Wildman–Crippen MR) is 169 cm³/mol. The lowest BCUT2D eigenvalue weighted by molar-refractivity contribution is -0.157. The number of aromatic nitrogens is 1. The van der Waals surface area contributed by atoms with Gasteiger partial charge >= 0.3 is 11.7 Å². The molecule has 1 unspecified atom stereocenters. The number of likely N-dealkylation sites (tertiary alicyclic amines) is 1. The third-order valence-corrected chi connectivity index (χ3v) is 7.78. The zero-order valence-electron chi connectivity index (χ0n) is 26.0. The van der Waals surface area contributed by atoms with Crippen molar-refractivity contribution in [3.8, 4) is 5.75 Å². The monoisotopic (exact) mass is 599 g/mol. The van der Waals surface area contributed by atoms with E-state index in [1.807, 2.05) is 88.5 Å². The van der Waals surface area contributed by atoms with E-state index in [1.165, 1.54) is 0 Å². The van der Waals surface area contributed by atoms with E-state index in [4.69, 9.17) is 13.9 Å². The molecule has 1 aromatic heterocycles. The van der Waals surface area contributed by atoms with E-state index in [-0.39, 0.29) is 25.0 Å². The van der Waals surface area contributed by atoms with Crippen LogP contribution in [0.15, 0.2) is 82.0 Å². The number of carbonyl (C=O) groups excluding carboxylic acids is 2. The van der Waals surface area contributed by atoms with Crippen molar-refractivity contribution in [1.29, 1.82) is 0 Å². The number of rotatable bonds is 11. The summed E-state index contributed by atoms with van der Waals surface area (Å²) in [5.41, 5.74) is 3.28. The van der Waals surface area contributed by atoms with Gasteiger partial charge in [0.25, 0.3) is 0 Å². The Morgan fingerprint density at radius 1 is 0.955 bits per heavy atom. The topological polar surface area (TPSA) is 94.2 Å². The molecule has 44 heavy (non-hydrogen) atoms. The van der Waals surface area contributed by atoms with Crippen molar-refractivity contribution in [1.82, 2.24) is 14.4 Å². The molecule has 3 aromatic carbocycles. The van der Waals surface area contributed by atoms with Gasteiger partial charge in [-0.1, -0.05) is 48.5 Å². The molecular formula is C35H41N3O6. The molecule has 1 atom stereocenters. The number of benzene rings is 3. The lowest BCUT2D eigenvalue weighted by atomic mass is 10.0. The number of amides is 1. The highest BCUT2D eigenvalue weighted by Gasteiger charge is 2.27. The summed E-state index contributed by atoms with van der Waals surface area (Å²) >= 11 is 0. The molecule has 5 rings (SSSR count). The summed E-state index contributed by atoms with van der Waals surface area (Å²) in [6, 6.07) is 22.5. The van der Waals surface area contributed by atoms with Gasteiger partial charge in [0.15, 0.2) is 12.2 Å². The Hall–Kier alpha value is -4.37. The molecule has 1 aliphatic heterocycles. The molecule has 1 amide bonds. The third-order valence-electron chi connectivity index (χ3n) is 7.78. The molecule has 0 spiro atoms. The van der Waals surface area contributed by atoms with Crippen molar-refractivity contribution in [2.24, 2.45) is 0 Å². The average Bonchev–Trinajstić information content (AvgIpc) is 3.61. The van der Waals surface area contributed by atoms with E-state index in [2.05, 4.69) is 4.90 Å². The Morgan fingerprint density at radius 2 is 1.70 bits per heavy atom. The standard InChI is InChI=1S/C35H41N3O6/c1-35(2,3)44-33(40)24-42-28-14-10-13-27(21-28)30(23-37-17-8-9-18-37)36(4)32(39)20-26-15-16-31-29(19-26)38(34(41)43-31)22-25-11-6-5-7-12-25/h5-7,10-16,19,21,30H,8-9,17-18,20,22-24H2,1-4H3. The van der Waals surface area contributed by atoms with E-state index in [1.54, 1.807) is 21.6 Å². The van der Waals surface area contributed by atoms with E-state index in [0.29, 0.717) is 29.9 Å². The van der Waals surface area contributed by atoms with Crippen LogP contribution in [0.4, 0.5) is 0 Å². The summed E-state index contributed by atoms with van der Waals surface area (Å²) in [4.78, 5) is 42.8. The molecule has 0 radical (unpaired) electrons. The van der Waals surface area contributed by atoms with Crippen molar-refractivity contribution < 1.29 is 23.5 Å². The Bertz CT molecular complexity index is 1650. The van der Waals surface area contributed by atoms with Crippen LogP contribution in [0.5, 0.6) is 5.75 Å². The van der Waals surface area contributed by atoms with Crippen molar-refractivity contribution in [3.05, 3.63) is 100 Å². The first kappa shape index (κ1) is 31.1. The van der Waals surface area contributed by atoms with Gasteiger partial charge < -0.3 is 23.7 Å². The number of oxazole rings is 1. The number of hydrogen-bond acceptors (Lipinski definition) is 7. The van der Waals surface area contributed by atoms with Crippen LogP contribution in [0.3, 0.4) is 0 Å². The average molecular weight is 600 g/mol. The van der Waals surface area contributed by atoms with Gasteiger partial charge in [-0.3, -0.25) is 9.36 Å². The first-order valence-electron chi connectivity index (χ1n) is 15.1.